The average Bonchev–Trinajstić information content (AvgIpc) is 3.54. The molecule has 1 N–H and O–H groups in total. The van der Waals surface area contributed by atoms with Gasteiger partial charge in [0.1, 0.15) is 12.6 Å². The first kappa shape index (κ1) is 29.3. The van der Waals surface area contributed by atoms with E-state index in [2.05, 4.69) is 4.99 Å². The zero-order valence-corrected chi connectivity index (χ0v) is 21.5. The molecule has 1 aliphatic heterocycles. The minimum Gasteiger partial charge on any atom is -0.478 e. The summed E-state index contributed by atoms with van der Waals surface area (Å²) < 4.78 is 34.2. The van der Waals surface area contributed by atoms with Crippen LogP contribution in [0.25, 0.3) is 0 Å². The van der Waals surface area contributed by atoms with E-state index in [4.69, 9.17) is 8.92 Å². The first-order chi connectivity index (χ1) is 15.6. The Kier molecular flexibility index (Phi) is 11.6. The number of ether oxygens (including phenoxy) is 1. The molecule has 182 valence electrons. The summed E-state index contributed by atoms with van der Waals surface area (Å²) in [6, 6.07) is 6.51. The molecule has 1 aromatic rings. The van der Waals surface area contributed by atoms with Gasteiger partial charge < -0.3 is 9.84 Å². The molecule has 1 atom stereocenters. The third kappa shape index (κ3) is 8.94. The molecule has 0 spiro atoms. The molecule has 2 fully saturated rings. The number of rotatable bonds is 8. The SMILES string of the molecule is CC(C)(O)[C@@H]1COC([C]2[CH][CH][CH][CH]2)=N1.Cc1ccc(S(=O)(=O)OCCC[C]2[CH][CH][CH][CH]2)cc1.[Fe+2]. The smallest absolute Gasteiger partial charge is 0.478 e. The molecule has 1 heterocycles. The van der Waals surface area contributed by atoms with Crippen LogP contribution in [-0.2, 0) is 36.1 Å². The van der Waals surface area contributed by atoms with Crippen molar-refractivity contribution in [3.05, 3.63) is 93.0 Å². The van der Waals surface area contributed by atoms with Crippen molar-refractivity contribution in [3.8, 4) is 0 Å². The molecule has 0 unspecified atom stereocenters. The molecular formula is C26H31FeNO5S+2. The van der Waals surface area contributed by atoms with Gasteiger partial charge in [-0.05, 0) is 103 Å². The molecule has 0 aromatic heterocycles. The fourth-order valence-corrected chi connectivity index (χ4v) is 4.15. The van der Waals surface area contributed by atoms with E-state index >= 15 is 0 Å². The number of benzene rings is 1. The Balaban J connectivity index is 0.000000243. The molecule has 2 aliphatic carbocycles. The van der Waals surface area contributed by atoms with Crippen molar-refractivity contribution < 1.29 is 39.5 Å². The topological polar surface area (TPSA) is 85.2 Å². The van der Waals surface area contributed by atoms with E-state index in [1.807, 2.05) is 58.3 Å². The molecule has 1 aromatic carbocycles. The molecule has 0 bridgehead atoms. The predicted molar refractivity (Wildman–Crippen MR) is 128 cm³/mol. The van der Waals surface area contributed by atoms with Gasteiger partial charge in [0, 0.05) is 0 Å². The Bertz CT molecular complexity index is 867. The molecule has 0 amide bonds. The Morgan fingerprint density at radius 2 is 1.65 bits per heavy atom. The summed E-state index contributed by atoms with van der Waals surface area (Å²) in [6.07, 6.45) is 17.3. The van der Waals surface area contributed by atoms with Gasteiger partial charge in [-0.2, -0.15) is 8.42 Å². The number of nitrogens with zero attached hydrogens (tertiary/aromatic N) is 1. The Hall–Kier alpha value is -0.921. The maximum atomic E-state index is 11.9. The normalized spacial score (nSPS) is 21.4. The van der Waals surface area contributed by atoms with Gasteiger partial charge in [-0.25, -0.2) is 4.99 Å². The summed E-state index contributed by atoms with van der Waals surface area (Å²) in [4.78, 5) is 4.56. The van der Waals surface area contributed by atoms with Crippen molar-refractivity contribution in [2.24, 2.45) is 4.99 Å². The largest absolute Gasteiger partial charge is 2.00 e. The first-order valence-electron chi connectivity index (χ1n) is 11.0. The van der Waals surface area contributed by atoms with Crippen LogP contribution in [0.2, 0.25) is 0 Å². The summed E-state index contributed by atoms with van der Waals surface area (Å²) in [5, 5.41) is 9.75. The second-order valence-electron chi connectivity index (χ2n) is 8.57. The van der Waals surface area contributed by atoms with Crippen molar-refractivity contribution in [3.63, 3.8) is 0 Å². The van der Waals surface area contributed by atoms with Gasteiger partial charge in [-0.3, -0.25) is 4.18 Å². The zero-order valence-electron chi connectivity index (χ0n) is 19.6. The summed E-state index contributed by atoms with van der Waals surface area (Å²) >= 11 is 0. The number of hydrogen-bond donors (Lipinski definition) is 1. The summed E-state index contributed by atoms with van der Waals surface area (Å²) in [5.74, 6) is 2.83. The minimum absolute atomic E-state index is 0. The van der Waals surface area contributed by atoms with Crippen molar-refractivity contribution in [1.82, 2.24) is 0 Å². The predicted octanol–water partition coefficient (Wildman–Crippen LogP) is 3.84. The van der Waals surface area contributed by atoms with E-state index in [1.54, 1.807) is 38.1 Å². The molecule has 4 rings (SSSR count). The minimum atomic E-state index is -3.62. The van der Waals surface area contributed by atoms with E-state index in [0.29, 0.717) is 18.9 Å². The summed E-state index contributed by atoms with van der Waals surface area (Å²) in [5.41, 5.74) is 0.212. The Morgan fingerprint density at radius 1 is 1.06 bits per heavy atom. The maximum absolute atomic E-state index is 11.9. The molecule has 34 heavy (non-hydrogen) atoms. The monoisotopic (exact) mass is 525 g/mol. The number of aryl methyl sites for hydroxylation is 1. The number of hydrogen-bond acceptors (Lipinski definition) is 6. The molecule has 8 heteroatoms. The quantitative estimate of drug-likeness (QED) is 0.317. The molecule has 10 radical (unpaired) electrons. The summed E-state index contributed by atoms with van der Waals surface area (Å²) in [7, 11) is -3.62. The van der Waals surface area contributed by atoms with Gasteiger partial charge in [0.25, 0.3) is 10.1 Å². The van der Waals surface area contributed by atoms with Gasteiger partial charge in [0.2, 0.25) is 0 Å². The Labute approximate surface area is 216 Å². The van der Waals surface area contributed by atoms with Crippen LogP contribution < -0.4 is 0 Å². The average molecular weight is 525 g/mol. The summed E-state index contributed by atoms with van der Waals surface area (Å²) in [6.45, 7) is 6.08. The van der Waals surface area contributed by atoms with Crippen molar-refractivity contribution in [2.75, 3.05) is 13.2 Å². The van der Waals surface area contributed by atoms with E-state index in [1.165, 1.54) is 5.92 Å². The second-order valence-corrected chi connectivity index (χ2v) is 10.2. The third-order valence-electron chi connectivity index (χ3n) is 5.27. The molecule has 6 nitrogen and oxygen atoms in total. The molecule has 0 saturated heterocycles. The van der Waals surface area contributed by atoms with Crippen LogP contribution in [0.5, 0.6) is 0 Å². The first-order valence-corrected chi connectivity index (χ1v) is 12.4. The van der Waals surface area contributed by atoms with Crippen LogP contribution >= 0.6 is 0 Å². The van der Waals surface area contributed by atoms with Crippen LogP contribution in [-0.4, -0.2) is 44.3 Å². The van der Waals surface area contributed by atoms with E-state index in [9.17, 15) is 13.5 Å². The number of aliphatic imine (C=N–C) groups is 1. The zero-order chi connectivity index (χ0) is 23.9. The van der Waals surface area contributed by atoms with Crippen molar-refractivity contribution in [2.45, 2.75) is 50.2 Å². The van der Waals surface area contributed by atoms with Crippen LogP contribution in [0, 0.1) is 70.1 Å². The van der Waals surface area contributed by atoms with Crippen LogP contribution in [0.15, 0.2) is 34.2 Å². The fraction of sp³-hybridized carbons (Fsp3) is 0.346. The van der Waals surface area contributed by atoms with Gasteiger partial charge >= 0.3 is 17.1 Å². The Morgan fingerprint density at radius 3 is 2.21 bits per heavy atom. The van der Waals surface area contributed by atoms with Crippen LogP contribution in [0.3, 0.4) is 0 Å². The number of aliphatic hydroxyl groups is 1. The van der Waals surface area contributed by atoms with Gasteiger partial charge in [-0.15, -0.1) is 0 Å². The standard InChI is InChI=1S/C15H17O3S.C11H14NO2.Fe/c1-13-8-10-15(11-9-13)19(16,17)18-12-4-7-14-5-2-3-6-14;1-11(2,13)9-7-14-10(12-9)8-5-3-4-6-8;/h2-3,5-6,8-11H,4,7,12H2,1H3;3-6,9,13H,7H2,1-2H3;/q;;+2/t;9-;/m.0./s1. The third-order valence-corrected chi connectivity index (χ3v) is 6.59. The molecular weight excluding hydrogens is 494 g/mol. The van der Waals surface area contributed by atoms with Crippen LogP contribution in [0.4, 0.5) is 0 Å². The van der Waals surface area contributed by atoms with Crippen LogP contribution in [0.1, 0.15) is 32.3 Å². The molecule has 3 aliphatic rings. The molecule has 2 saturated carbocycles. The maximum Gasteiger partial charge on any atom is 2.00 e. The van der Waals surface area contributed by atoms with Gasteiger partial charge in [0.15, 0.2) is 5.90 Å². The van der Waals surface area contributed by atoms with E-state index < -0.39 is 15.7 Å². The van der Waals surface area contributed by atoms with Gasteiger partial charge in [0.05, 0.1) is 23.0 Å². The van der Waals surface area contributed by atoms with E-state index in [0.717, 1.165) is 17.9 Å². The van der Waals surface area contributed by atoms with Crippen molar-refractivity contribution in [1.29, 1.82) is 0 Å². The van der Waals surface area contributed by atoms with Crippen molar-refractivity contribution >= 4 is 16.0 Å². The second kappa shape index (κ2) is 13.4. The fourth-order valence-electron chi connectivity index (χ4n) is 3.21. The van der Waals surface area contributed by atoms with E-state index in [-0.39, 0.29) is 34.6 Å². The van der Waals surface area contributed by atoms with Gasteiger partial charge in [-0.1, -0.05) is 17.7 Å².